The molecule has 2 nitrogen and oxygen atoms in total. The number of hydrogen-bond donors (Lipinski definition) is 0. The minimum Gasteiger partial charge on any atom is -0.411 e. The van der Waals surface area contributed by atoms with Crippen molar-refractivity contribution in [2.45, 2.75) is 52.8 Å². The van der Waals surface area contributed by atoms with Crippen molar-refractivity contribution in [2.24, 2.45) is 0 Å². The Hall–Kier alpha value is -0.0151. The lowest BCUT2D eigenvalue weighted by atomic mass is 9.61. The molecule has 0 spiro atoms. The predicted octanol–water partition coefficient (Wildman–Crippen LogP) is 3.13. The van der Waals surface area contributed by atoms with Crippen molar-refractivity contribution in [3.63, 3.8) is 0 Å². The molecule has 0 saturated carbocycles. The Labute approximate surface area is 83.1 Å². The zero-order chi connectivity index (χ0) is 10.3. The third-order valence-corrected chi connectivity index (χ3v) is 1.65. The van der Waals surface area contributed by atoms with Crippen LogP contribution in [0.4, 0.5) is 0 Å². The molecule has 0 aromatic rings. The first-order valence-electron chi connectivity index (χ1n) is 5.25. The summed E-state index contributed by atoms with van der Waals surface area (Å²) >= 11 is 0. The van der Waals surface area contributed by atoms with Crippen molar-refractivity contribution in [3.05, 3.63) is 0 Å². The first kappa shape index (κ1) is 13.0. The van der Waals surface area contributed by atoms with Gasteiger partial charge in [-0.25, -0.2) is 0 Å². The van der Waals surface area contributed by atoms with E-state index in [1.807, 2.05) is 0 Å². The average Bonchev–Trinajstić information content (AvgIpc) is 2.02. The summed E-state index contributed by atoms with van der Waals surface area (Å²) in [5.74, 6) is 0. The molecule has 0 aromatic heterocycles. The highest BCUT2D eigenvalue weighted by molar-refractivity contribution is 6.48. The van der Waals surface area contributed by atoms with Gasteiger partial charge in [0.25, 0.3) is 0 Å². The summed E-state index contributed by atoms with van der Waals surface area (Å²) in [6.45, 7) is 12.2. The maximum absolute atomic E-state index is 5.64. The van der Waals surface area contributed by atoms with Crippen molar-refractivity contribution >= 4 is 7.12 Å². The maximum Gasteiger partial charge on any atom is 0.462 e. The molecule has 0 aliphatic rings. The molecule has 0 aliphatic carbocycles. The zero-order valence-corrected chi connectivity index (χ0v) is 9.72. The summed E-state index contributed by atoms with van der Waals surface area (Å²) in [4.78, 5) is 0. The first-order chi connectivity index (χ1) is 6.02. The van der Waals surface area contributed by atoms with Gasteiger partial charge in [-0.15, -0.1) is 0 Å². The van der Waals surface area contributed by atoms with Crippen molar-refractivity contribution in [2.75, 3.05) is 13.2 Å². The van der Waals surface area contributed by atoms with Crippen LogP contribution < -0.4 is 0 Å². The van der Waals surface area contributed by atoms with E-state index < -0.39 is 0 Å². The molecule has 0 radical (unpaired) electrons. The third kappa shape index (κ3) is 6.11. The summed E-state index contributed by atoms with van der Waals surface area (Å²) in [6, 6.07) is 0. The first-order valence-corrected chi connectivity index (χ1v) is 5.25. The van der Waals surface area contributed by atoms with Crippen LogP contribution >= 0.6 is 0 Å². The quantitative estimate of drug-likeness (QED) is 0.593. The second kappa shape index (κ2) is 6.44. The van der Waals surface area contributed by atoms with Crippen molar-refractivity contribution < 1.29 is 9.31 Å². The summed E-state index contributed by atoms with van der Waals surface area (Å²) in [6.07, 6.45) is 2.09. The Morgan fingerprint density at radius 2 is 1.31 bits per heavy atom. The van der Waals surface area contributed by atoms with Crippen LogP contribution in [0, 0.1) is 0 Å². The fraction of sp³-hybridized carbons (Fsp3) is 1.00. The van der Waals surface area contributed by atoms with Crippen molar-refractivity contribution in [1.82, 2.24) is 0 Å². The standard InChI is InChI=1S/C10H23BO2/c1-6-8-12-11(10(3,4)5)13-9-7-2/h6-9H2,1-5H3. The molecule has 0 aliphatic heterocycles. The van der Waals surface area contributed by atoms with E-state index in [2.05, 4.69) is 34.6 Å². The van der Waals surface area contributed by atoms with Gasteiger partial charge >= 0.3 is 7.12 Å². The Balaban J connectivity index is 3.88. The average molecular weight is 186 g/mol. The molecular formula is C10H23BO2. The van der Waals surface area contributed by atoms with Gasteiger partial charge in [0.05, 0.1) is 0 Å². The maximum atomic E-state index is 5.64. The third-order valence-electron chi connectivity index (χ3n) is 1.65. The molecule has 13 heavy (non-hydrogen) atoms. The van der Waals surface area contributed by atoms with Crippen molar-refractivity contribution in [3.8, 4) is 0 Å². The molecule has 3 heteroatoms. The summed E-state index contributed by atoms with van der Waals surface area (Å²) in [5, 5.41) is 0.0737. The molecule has 0 bridgehead atoms. The van der Waals surface area contributed by atoms with E-state index in [1.165, 1.54) is 0 Å². The summed E-state index contributed by atoms with van der Waals surface area (Å²) in [7, 11) is -0.0626. The number of rotatable bonds is 6. The Morgan fingerprint density at radius 1 is 0.923 bits per heavy atom. The van der Waals surface area contributed by atoms with Crippen molar-refractivity contribution in [1.29, 1.82) is 0 Å². The second-order valence-corrected chi connectivity index (χ2v) is 4.44. The molecule has 0 heterocycles. The van der Waals surface area contributed by atoms with E-state index in [0.717, 1.165) is 26.1 Å². The fourth-order valence-corrected chi connectivity index (χ4v) is 0.998. The van der Waals surface area contributed by atoms with Gasteiger partial charge in [0.15, 0.2) is 0 Å². The van der Waals surface area contributed by atoms with E-state index in [1.54, 1.807) is 0 Å². The second-order valence-electron chi connectivity index (χ2n) is 4.44. The molecule has 0 N–H and O–H groups in total. The van der Waals surface area contributed by atoms with Crippen LogP contribution in [-0.2, 0) is 9.31 Å². The molecule has 0 fully saturated rings. The van der Waals surface area contributed by atoms with E-state index in [-0.39, 0.29) is 12.4 Å². The largest absolute Gasteiger partial charge is 0.462 e. The van der Waals surface area contributed by atoms with Gasteiger partial charge in [0, 0.05) is 13.2 Å². The SMILES string of the molecule is CCCOB(OCCC)C(C)(C)C. The van der Waals surface area contributed by atoms with Crippen LogP contribution in [0.2, 0.25) is 5.31 Å². The van der Waals surface area contributed by atoms with Gasteiger partial charge in [-0.05, 0) is 18.2 Å². The molecule has 0 rings (SSSR count). The van der Waals surface area contributed by atoms with Gasteiger partial charge in [-0.3, -0.25) is 0 Å². The van der Waals surface area contributed by atoms with Crippen LogP contribution in [-0.4, -0.2) is 20.3 Å². The van der Waals surface area contributed by atoms with E-state index in [9.17, 15) is 0 Å². The normalized spacial score (nSPS) is 11.8. The topological polar surface area (TPSA) is 18.5 Å². The van der Waals surface area contributed by atoms with Gasteiger partial charge in [0.2, 0.25) is 0 Å². The van der Waals surface area contributed by atoms with Crippen LogP contribution in [0.15, 0.2) is 0 Å². The molecule has 0 unspecified atom stereocenters. The lowest BCUT2D eigenvalue weighted by molar-refractivity contribution is 0.178. The summed E-state index contributed by atoms with van der Waals surface area (Å²) < 4.78 is 11.3. The monoisotopic (exact) mass is 186 g/mol. The van der Waals surface area contributed by atoms with Crippen LogP contribution in [0.3, 0.4) is 0 Å². The lowest BCUT2D eigenvalue weighted by Crippen LogP contribution is -2.33. The minimum atomic E-state index is -0.0626. The molecule has 0 saturated heterocycles. The Bertz CT molecular complexity index is 113. The summed E-state index contributed by atoms with van der Waals surface area (Å²) in [5.41, 5.74) is 0. The molecule has 0 aromatic carbocycles. The fourth-order valence-electron chi connectivity index (χ4n) is 0.998. The van der Waals surface area contributed by atoms with E-state index in [0.29, 0.717) is 0 Å². The van der Waals surface area contributed by atoms with Gasteiger partial charge in [-0.1, -0.05) is 34.6 Å². The molecular weight excluding hydrogens is 163 g/mol. The molecule has 0 amide bonds. The Morgan fingerprint density at radius 3 is 1.54 bits per heavy atom. The minimum absolute atomic E-state index is 0.0626. The molecule has 0 atom stereocenters. The van der Waals surface area contributed by atoms with E-state index in [4.69, 9.17) is 9.31 Å². The highest BCUT2D eigenvalue weighted by atomic mass is 16.6. The van der Waals surface area contributed by atoms with Crippen LogP contribution in [0.1, 0.15) is 47.5 Å². The predicted molar refractivity (Wildman–Crippen MR) is 58.0 cm³/mol. The Kier molecular flexibility index (Phi) is 6.43. The lowest BCUT2D eigenvalue weighted by Gasteiger charge is -2.25. The smallest absolute Gasteiger partial charge is 0.411 e. The number of hydrogen-bond acceptors (Lipinski definition) is 2. The van der Waals surface area contributed by atoms with Crippen LogP contribution in [0.5, 0.6) is 0 Å². The highest BCUT2D eigenvalue weighted by Crippen LogP contribution is 2.28. The van der Waals surface area contributed by atoms with Crippen LogP contribution in [0.25, 0.3) is 0 Å². The molecule has 78 valence electrons. The van der Waals surface area contributed by atoms with E-state index >= 15 is 0 Å². The zero-order valence-electron chi connectivity index (χ0n) is 9.72. The van der Waals surface area contributed by atoms with Gasteiger partial charge in [-0.2, -0.15) is 0 Å². The highest BCUT2D eigenvalue weighted by Gasteiger charge is 2.33. The van der Waals surface area contributed by atoms with Gasteiger partial charge < -0.3 is 9.31 Å². The van der Waals surface area contributed by atoms with Gasteiger partial charge in [0.1, 0.15) is 0 Å².